The summed E-state index contributed by atoms with van der Waals surface area (Å²) in [5.41, 5.74) is 2.49. The van der Waals surface area contributed by atoms with Gasteiger partial charge in [-0.05, 0) is 46.5 Å². The van der Waals surface area contributed by atoms with Gasteiger partial charge in [0.2, 0.25) is 0 Å². The molecule has 1 saturated carbocycles. The quantitative estimate of drug-likeness (QED) is 0.798. The molecule has 1 aliphatic rings. The van der Waals surface area contributed by atoms with E-state index in [2.05, 4.69) is 54.6 Å². The predicted molar refractivity (Wildman–Crippen MR) is 85.1 cm³/mol. The van der Waals surface area contributed by atoms with Gasteiger partial charge in [-0.25, -0.2) is 0 Å². The molecule has 2 N–H and O–H groups in total. The topological polar surface area (TPSA) is 24.1 Å². The van der Waals surface area contributed by atoms with Crippen LogP contribution in [0.4, 0.5) is 5.69 Å². The number of benzene rings is 1. The molecule has 0 atom stereocenters. The highest BCUT2D eigenvalue weighted by Crippen LogP contribution is 2.30. The molecule has 4 heteroatoms. The summed E-state index contributed by atoms with van der Waals surface area (Å²) in [4.78, 5) is 0. The summed E-state index contributed by atoms with van der Waals surface area (Å²) < 4.78 is 2.23. The zero-order chi connectivity index (χ0) is 13.0. The molecule has 0 aliphatic heterocycles. The molecule has 0 heterocycles. The maximum atomic E-state index is 3.69. The van der Waals surface area contributed by atoms with Crippen molar-refractivity contribution in [1.29, 1.82) is 0 Å². The number of hydrogen-bond acceptors (Lipinski definition) is 2. The molecule has 0 spiro atoms. The van der Waals surface area contributed by atoms with E-state index in [4.69, 9.17) is 0 Å². The van der Waals surface area contributed by atoms with Crippen LogP contribution in [-0.2, 0) is 6.54 Å². The second-order valence-electron chi connectivity index (χ2n) is 4.89. The Morgan fingerprint density at radius 2 is 1.89 bits per heavy atom. The average molecular weight is 376 g/mol. The van der Waals surface area contributed by atoms with Crippen LogP contribution < -0.4 is 10.6 Å². The molecule has 2 nitrogen and oxygen atoms in total. The van der Waals surface area contributed by atoms with Crippen molar-refractivity contribution in [2.75, 3.05) is 12.4 Å². The largest absolute Gasteiger partial charge is 0.387 e. The molecule has 1 aromatic rings. The molecule has 100 valence electrons. The second kappa shape index (κ2) is 6.92. The predicted octanol–water partition coefficient (Wildman–Crippen LogP) is 4.68. The maximum Gasteiger partial charge on any atom is 0.0528 e. The molecule has 1 aliphatic carbocycles. The molecule has 18 heavy (non-hydrogen) atoms. The molecule has 0 saturated heterocycles. The van der Waals surface area contributed by atoms with E-state index in [1.165, 1.54) is 43.4 Å². The summed E-state index contributed by atoms with van der Waals surface area (Å²) in [6.45, 7) is 0.929. The zero-order valence-corrected chi connectivity index (χ0v) is 13.9. The molecule has 0 bridgehead atoms. The Bertz CT molecular complexity index is 401. The van der Waals surface area contributed by atoms with Crippen molar-refractivity contribution in [3.8, 4) is 0 Å². The summed E-state index contributed by atoms with van der Waals surface area (Å²) in [7, 11) is 1.97. The van der Waals surface area contributed by atoms with Gasteiger partial charge < -0.3 is 10.6 Å². The van der Waals surface area contributed by atoms with Gasteiger partial charge in [0.05, 0.1) is 5.69 Å². The maximum absolute atomic E-state index is 3.69. The highest BCUT2D eigenvalue weighted by molar-refractivity contribution is 9.11. The lowest BCUT2D eigenvalue weighted by Gasteiger charge is -2.23. The smallest absolute Gasteiger partial charge is 0.0528 e. The van der Waals surface area contributed by atoms with Crippen LogP contribution >= 0.6 is 31.9 Å². The van der Waals surface area contributed by atoms with Crippen molar-refractivity contribution < 1.29 is 0 Å². The Hall–Kier alpha value is -0.0600. The molecule has 0 aromatic heterocycles. The lowest BCUT2D eigenvalue weighted by atomic mass is 9.95. The van der Waals surface area contributed by atoms with Crippen molar-refractivity contribution in [3.63, 3.8) is 0 Å². The first-order valence-corrected chi connectivity index (χ1v) is 8.18. The van der Waals surface area contributed by atoms with E-state index in [0.29, 0.717) is 6.04 Å². The lowest BCUT2D eigenvalue weighted by molar-refractivity contribution is 0.372. The first-order chi connectivity index (χ1) is 8.70. The molecular formula is C14H20Br2N2. The molecule has 0 radical (unpaired) electrons. The molecule has 1 fully saturated rings. The zero-order valence-electron chi connectivity index (χ0n) is 10.7. The van der Waals surface area contributed by atoms with Crippen molar-refractivity contribution >= 4 is 37.5 Å². The standard InChI is InChI=1S/C14H20Br2N2/c1-17-14-10(7-11(15)8-13(14)16)9-18-12-5-3-2-4-6-12/h7-8,12,17-18H,2-6,9H2,1H3. The monoisotopic (exact) mass is 374 g/mol. The van der Waals surface area contributed by atoms with Crippen LogP contribution in [0, 0.1) is 0 Å². The summed E-state index contributed by atoms with van der Waals surface area (Å²) in [5.74, 6) is 0. The van der Waals surface area contributed by atoms with E-state index in [-0.39, 0.29) is 0 Å². The lowest BCUT2D eigenvalue weighted by Crippen LogP contribution is -2.30. The molecule has 0 unspecified atom stereocenters. The Morgan fingerprint density at radius 3 is 2.56 bits per heavy atom. The van der Waals surface area contributed by atoms with Crippen LogP contribution in [0.1, 0.15) is 37.7 Å². The van der Waals surface area contributed by atoms with E-state index >= 15 is 0 Å². The van der Waals surface area contributed by atoms with Gasteiger partial charge in [-0.15, -0.1) is 0 Å². The fraction of sp³-hybridized carbons (Fsp3) is 0.571. The second-order valence-corrected chi connectivity index (χ2v) is 6.66. The number of halogens is 2. The van der Waals surface area contributed by atoms with Crippen LogP contribution in [0.25, 0.3) is 0 Å². The van der Waals surface area contributed by atoms with Gasteiger partial charge >= 0.3 is 0 Å². The molecular weight excluding hydrogens is 356 g/mol. The van der Waals surface area contributed by atoms with Gasteiger partial charge in [0.1, 0.15) is 0 Å². The van der Waals surface area contributed by atoms with Crippen molar-refractivity contribution in [1.82, 2.24) is 5.32 Å². The minimum Gasteiger partial charge on any atom is -0.387 e. The summed E-state index contributed by atoms with van der Waals surface area (Å²) >= 11 is 7.16. The molecule has 0 amide bonds. The van der Waals surface area contributed by atoms with Gasteiger partial charge in [-0.2, -0.15) is 0 Å². The summed E-state index contributed by atoms with van der Waals surface area (Å²) in [6, 6.07) is 4.96. The average Bonchev–Trinajstić information content (AvgIpc) is 2.37. The molecule has 2 rings (SSSR count). The van der Waals surface area contributed by atoms with Crippen LogP contribution in [0.5, 0.6) is 0 Å². The first kappa shape index (κ1) is 14.4. The summed E-state index contributed by atoms with van der Waals surface area (Å²) in [5, 5.41) is 6.96. The van der Waals surface area contributed by atoms with Crippen LogP contribution in [-0.4, -0.2) is 13.1 Å². The number of hydrogen-bond donors (Lipinski definition) is 2. The number of rotatable bonds is 4. The minimum absolute atomic E-state index is 0.696. The van der Waals surface area contributed by atoms with E-state index in [1.807, 2.05) is 7.05 Å². The first-order valence-electron chi connectivity index (χ1n) is 6.59. The third-order valence-electron chi connectivity index (χ3n) is 3.57. The fourth-order valence-electron chi connectivity index (χ4n) is 2.61. The van der Waals surface area contributed by atoms with Gasteiger partial charge in [0.15, 0.2) is 0 Å². The van der Waals surface area contributed by atoms with Gasteiger partial charge in [0, 0.05) is 28.6 Å². The minimum atomic E-state index is 0.696. The normalized spacial score (nSPS) is 16.8. The van der Waals surface area contributed by atoms with E-state index in [1.54, 1.807) is 0 Å². The Labute approximate surface area is 126 Å². The SMILES string of the molecule is CNc1c(Br)cc(Br)cc1CNC1CCCCC1. The van der Waals surface area contributed by atoms with E-state index in [9.17, 15) is 0 Å². The van der Waals surface area contributed by atoms with E-state index < -0.39 is 0 Å². The molecule has 1 aromatic carbocycles. The Balaban J connectivity index is 2.03. The van der Waals surface area contributed by atoms with Crippen LogP contribution in [0.15, 0.2) is 21.1 Å². The third kappa shape index (κ3) is 3.72. The highest BCUT2D eigenvalue weighted by Gasteiger charge is 2.14. The number of nitrogens with one attached hydrogen (secondary N) is 2. The summed E-state index contributed by atoms with van der Waals surface area (Å²) in [6.07, 6.45) is 6.80. The number of anilines is 1. The van der Waals surface area contributed by atoms with Crippen LogP contribution in [0.2, 0.25) is 0 Å². The van der Waals surface area contributed by atoms with Crippen molar-refractivity contribution in [2.45, 2.75) is 44.7 Å². The highest BCUT2D eigenvalue weighted by atomic mass is 79.9. The van der Waals surface area contributed by atoms with Crippen LogP contribution in [0.3, 0.4) is 0 Å². The van der Waals surface area contributed by atoms with Crippen molar-refractivity contribution in [3.05, 3.63) is 26.6 Å². The van der Waals surface area contributed by atoms with E-state index in [0.717, 1.165) is 15.5 Å². The van der Waals surface area contributed by atoms with Gasteiger partial charge in [0.25, 0.3) is 0 Å². The fourth-order valence-corrected chi connectivity index (χ4v) is 4.12. The van der Waals surface area contributed by atoms with Gasteiger partial charge in [-0.1, -0.05) is 35.2 Å². The van der Waals surface area contributed by atoms with Crippen molar-refractivity contribution in [2.24, 2.45) is 0 Å². The van der Waals surface area contributed by atoms with Gasteiger partial charge in [-0.3, -0.25) is 0 Å². The Kier molecular flexibility index (Phi) is 5.52. The third-order valence-corrected chi connectivity index (χ3v) is 4.66. The Morgan fingerprint density at radius 1 is 1.17 bits per heavy atom.